The van der Waals surface area contributed by atoms with Gasteiger partial charge in [-0.25, -0.2) is 4.39 Å². The minimum atomic E-state index is -0.417. The van der Waals surface area contributed by atoms with E-state index in [9.17, 15) is 14.0 Å². The summed E-state index contributed by atoms with van der Waals surface area (Å²) in [5.74, 6) is -1.06. The normalized spacial score (nSPS) is 10.0. The Hall–Kier alpha value is -2.51. The summed E-state index contributed by atoms with van der Waals surface area (Å²) in [6.07, 6.45) is -0.0172. The Morgan fingerprint density at radius 1 is 1.04 bits per heavy atom. The Morgan fingerprint density at radius 3 is 2.44 bits per heavy atom. The minimum Gasteiger partial charge on any atom is -0.331 e. The van der Waals surface area contributed by atoms with Crippen molar-refractivity contribution >= 4 is 46.3 Å². The molecule has 3 N–H and O–H groups in total. The lowest BCUT2D eigenvalue weighted by molar-refractivity contribution is -0.121. The fourth-order valence-corrected chi connectivity index (χ4v) is 2.28. The van der Waals surface area contributed by atoms with Gasteiger partial charge in [-0.1, -0.05) is 17.7 Å². The number of nitrogens with one attached hydrogen (secondary N) is 3. The maximum Gasteiger partial charge on any atom is 0.238 e. The zero-order valence-electron chi connectivity index (χ0n) is 13.0. The number of thiocarbonyl (C=S) groups is 1. The van der Waals surface area contributed by atoms with Crippen molar-refractivity contribution in [3.8, 4) is 0 Å². The van der Waals surface area contributed by atoms with Crippen LogP contribution in [0.2, 0.25) is 5.02 Å². The Morgan fingerprint density at radius 2 is 1.76 bits per heavy atom. The molecule has 0 aliphatic heterocycles. The van der Waals surface area contributed by atoms with E-state index in [4.69, 9.17) is 23.8 Å². The average molecular weight is 380 g/mol. The zero-order valence-corrected chi connectivity index (χ0v) is 14.6. The maximum absolute atomic E-state index is 12.8. The smallest absolute Gasteiger partial charge is 0.238 e. The van der Waals surface area contributed by atoms with Crippen LogP contribution in [0.3, 0.4) is 0 Å². The zero-order chi connectivity index (χ0) is 18.2. The first kappa shape index (κ1) is 18.8. The Bertz CT molecular complexity index is 784. The van der Waals surface area contributed by atoms with Gasteiger partial charge >= 0.3 is 0 Å². The van der Waals surface area contributed by atoms with Crippen molar-refractivity contribution in [1.29, 1.82) is 0 Å². The lowest BCUT2D eigenvalue weighted by atomic mass is 10.1. The standard InChI is InChI=1S/C17H15ClFN3O2S/c18-12-2-1-3-14(10-12)20-17(25)22-21-16(24)9-8-15(23)11-4-6-13(19)7-5-11/h1-7,10H,8-9H2,(H,21,24)(H2,20,22,25). The van der Waals surface area contributed by atoms with Gasteiger partial charge in [0.25, 0.3) is 0 Å². The summed E-state index contributed by atoms with van der Waals surface area (Å²) in [5.41, 5.74) is 5.97. The molecule has 0 spiro atoms. The number of anilines is 1. The molecule has 0 radical (unpaired) electrons. The molecule has 2 aromatic carbocycles. The highest BCUT2D eigenvalue weighted by Gasteiger charge is 2.09. The lowest BCUT2D eigenvalue weighted by Gasteiger charge is -2.11. The number of carbonyl (C=O) groups excluding carboxylic acids is 2. The van der Waals surface area contributed by atoms with Crippen LogP contribution in [0.1, 0.15) is 23.2 Å². The highest BCUT2D eigenvalue weighted by atomic mass is 35.5. The van der Waals surface area contributed by atoms with E-state index in [0.717, 1.165) is 0 Å². The summed E-state index contributed by atoms with van der Waals surface area (Å²) in [5, 5.41) is 3.59. The number of hydrogen-bond donors (Lipinski definition) is 3. The van der Waals surface area contributed by atoms with E-state index in [1.54, 1.807) is 24.3 Å². The Kier molecular flexibility index (Phi) is 6.85. The number of ketones is 1. The number of hydrogen-bond acceptors (Lipinski definition) is 3. The first-order valence-electron chi connectivity index (χ1n) is 7.34. The van der Waals surface area contributed by atoms with Gasteiger partial charge in [0.05, 0.1) is 0 Å². The van der Waals surface area contributed by atoms with Crippen molar-refractivity contribution < 1.29 is 14.0 Å². The summed E-state index contributed by atoms with van der Waals surface area (Å²) >= 11 is 10.9. The molecule has 1 amide bonds. The van der Waals surface area contributed by atoms with Gasteiger partial charge in [0.15, 0.2) is 10.9 Å². The van der Waals surface area contributed by atoms with E-state index >= 15 is 0 Å². The Labute approximate surface area is 154 Å². The molecule has 5 nitrogen and oxygen atoms in total. The van der Waals surface area contributed by atoms with Crippen LogP contribution < -0.4 is 16.2 Å². The molecule has 25 heavy (non-hydrogen) atoms. The highest BCUT2D eigenvalue weighted by Crippen LogP contribution is 2.14. The third kappa shape index (κ3) is 6.48. The number of rotatable bonds is 5. The van der Waals surface area contributed by atoms with E-state index in [-0.39, 0.29) is 23.7 Å². The number of hydrazine groups is 1. The third-order valence-corrected chi connectivity index (χ3v) is 3.58. The van der Waals surface area contributed by atoms with Gasteiger partial charge in [0, 0.05) is 29.1 Å². The van der Waals surface area contributed by atoms with Crippen LogP contribution in [0, 0.1) is 5.82 Å². The number of amides is 1. The molecule has 0 saturated carbocycles. The van der Waals surface area contributed by atoms with Gasteiger partial charge in [-0.3, -0.25) is 20.4 Å². The van der Waals surface area contributed by atoms with Crippen molar-refractivity contribution in [3.05, 3.63) is 64.9 Å². The summed E-state index contributed by atoms with van der Waals surface area (Å²) in [7, 11) is 0. The van der Waals surface area contributed by atoms with E-state index < -0.39 is 11.7 Å². The largest absolute Gasteiger partial charge is 0.331 e. The van der Waals surface area contributed by atoms with E-state index in [2.05, 4.69) is 16.2 Å². The molecule has 0 aliphatic carbocycles. The van der Waals surface area contributed by atoms with Gasteiger partial charge in [-0.2, -0.15) is 0 Å². The van der Waals surface area contributed by atoms with Gasteiger partial charge < -0.3 is 5.32 Å². The lowest BCUT2D eigenvalue weighted by Crippen LogP contribution is -2.43. The van der Waals surface area contributed by atoms with Gasteiger partial charge in [-0.15, -0.1) is 0 Å². The molecule has 8 heteroatoms. The molecule has 0 unspecified atom stereocenters. The molecule has 2 aromatic rings. The topological polar surface area (TPSA) is 70.2 Å². The number of halogens is 2. The molecular formula is C17H15ClFN3O2S. The first-order chi connectivity index (χ1) is 11.9. The predicted octanol–water partition coefficient (Wildman–Crippen LogP) is 3.46. The molecule has 2 rings (SSSR count). The van der Waals surface area contributed by atoms with Crippen LogP contribution in [0.15, 0.2) is 48.5 Å². The minimum absolute atomic E-state index is 0.00757. The van der Waals surface area contributed by atoms with Crippen molar-refractivity contribution in [2.75, 3.05) is 5.32 Å². The van der Waals surface area contributed by atoms with Crippen LogP contribution in [0.5, 0.6) is 0 Å². The monoisotopic (exact) mass is 379 g/mol. The second-order valence-corrected chi connectivity index (χ2v) is 5.91. The van der Waals surface area contributed by atoms with Gasteiger partial charge in [0.2, 0.25) is 5.91 Å². The third-order valence-electron chi connectivity index (χ3n) is 3.14. The van der Waals surface area contributed by atoms with Crippen molar-refractivity contribution in [2.24, 2.45) is 0 Å². The van der Waals surface area contributed by atoms with Gasteiger partial charge in [0.1, 0.15) is 5.82 Å². The first-order valence-corrected chi connectivity index (χ1v) is 8.13. The van der Waals surface area contributed by atoms with E-state index in [0.29, 0.717) is 16.3 Å². The Balaban J connectivity index is 1.72. The second kappa shape index (κ2) is 9.10. The van der Waals surface area contributed by atoms with Crippen LogP contribution in [-0.2, 0) is 4.79 Å². The van der Waals surface area contributed by atoms with Crippen molar-refractivity contribution in [3.63, 3.8) is 0 Å². The molecule has 0 aliphatic rings. The summed E-state index contributed by atoms with van der Waals surface area (Å²) in [6, 6.07) is 12.1. The summed E-state index contributed by atoms with van der Waals surface area (Å²) < 4.78 is 12.8. The molecule has 0 saturated heterocycles. The number of carbonyl (C=O) groups is 2. The van der Waals surface area contributed by atoms with Crippen LogP contribution >= 0.6 is 23.8 Å². The SMILES string of the molecule is O=C(CCC(=O)c1ccc(F)cc1)NNC(=S)Nc1cccc(Cl)c1. The molecule has 0 heterocycles. The fourth-order valence-electron chi connectivity index (χ4n) is 1.92. The van der Waals surface area contributed by atoms with Crippen LogP contribution in [0.4, 0.5) is 10.1 Å². The summed E-state index contributed by atoms with van der Waals surface area (Å²) in [6.45, 7) is 0. The van der Waals surface area contributed by atoms with Gasteiger partial charge in [-0.05, 0) is 54.7 Å². The van der Waals surface area contributed by atoms with Crippen LogP contribution in [0.25, 0.3) is 0 Å². The maximum atomic E-state index is 12.8. The quantitative estimate of drug-likeness (QED) is 0.421. The highest BCUT2D eigenvalue weighted by molar-refractivity contribution is 7.80. The average Bonchev–Trinajstić information content (AvgIpc) is 2.58. The molecule has 0 bridgehead atoms. The number of benzene rings is 2. The molecular weight excluding hydrogens is 365 g/mol. The fraction of sp³-hybridized carbons (Fsp3) is 0.118. The van der Waals surface area contributed by atoms with Crippen molar-refractivity contribution in [1.82, 2.24) is 10.9 Å². The number of Topliss-reactive ketones (excluding diaryl/α,β-unsaturated/α-hetero) is 1. The molecule has 0 aromatic heterocycles. The molecule has 130 valence electrons. The predicted molar refractivity (Wildman–Crippen MR) is 98.9 cm³/mol. The van der Waals surface area contributed by atoms with E-state index in [1.165, 1.54) is 24.3 Å². The van der Waals surface area contributed by atoms with Crippen molar-refractivity contribution in [2.45, 2.75) is 12.8 Å². The van der Waals surface area contributed by atoms with E-state index in [1.807, 2.05) is 0 Å². The second-order valence-electron chi connectivity index (χ2n) is 5.07. The van der Waals surface area contributed by atoms with Crippen LogP contribution in [-0.4, -0.2) is 16.8 Å². The summed E-state index contributed by atoms with van der Waals surface area (Å²) in [4.78, 5) is 23.6. The molecule has 0 atom stereocenters. The molecule has 0 fully saturated rings.